The van der Waals surface area contributed by atoms with Crippen molar-refractivity contribution in [2.75, 3.05) is 25.4 Å². The van der Waals surface area contributed by atoms with Crippen molar-refractivity contribution in [2.24, 2.45) is 11.3 Å². The number of rotatable bonds is 3. The van der Waals surface area contributed by atoms with Crippen molar-refractivity contribution in [1.82, 2.24) is 9.62 Å². The highest BCUT2D eigenvalue weighted by Gasteiger charge is 2.34. The summed E-state index contributed by atoms with van der Waals surface area (Å²) in [5, 5.41) is 3.55. The van der Waals surface area contributed by atoms with Gasteiger partial charge in [0.25, 0.3) is 0 Å². The summed E-state index contributed by atoms with van der Waals surface area (Å²) in [7, 11) is -3.08. The van der Waals surface area contributed by atoms with Crippen molar-refractivity contribution in [1.29, 1.82) is 0 Å². The van der Waals surface area contributed by atoms with Crippen molar-refractivity contribution in [2.45, 2.75) is 52.5 Å². The van der Waals surface area contributed by atoms with Gasteiger partial charge in [-0.15, -0.1) is 12.4 Å². The van der Waals surface area contributed by atoms with E-state index in [-0.39, 0.29) is 23.6 Å². The zero-order chi connectivity index (χ0) is 14.1. The smallest absolute Gasteiger partial charge is 0.214 e. The van der Waals surface area contributed by atoms with Crippen LogP contribution in [0.5, 0.6) is 0 Å². The summed E-state index contributed by atoms with van der Waals surface area (Å²) in [6, 6.07) is 0.632. The SMILES string of the molecule is CC(C)(C)CS(=O)(=O)N1CCC(C2CCCN2)CC1.Cl. The monoisotopic (exact) mass is 324 g/mol. The van der Waals surface area contributed by atoms with Crippen LogP contribution in [0, 0.1) is 11.3 Å². The third-order valence-electron chi connectivity index (χ3n) is 4.17. The van der Waals surface area contributed by atoms with Crippen molar-refractivity contribution in [3.05, 3.63) is 0 Å². The molecule has 2 rings (SSSR count). The van der Waals surface area contributed by atoms with Crippen molar-refractivity contribution >= 4 is 22.4 Å². The Labute approximate surface area is 130 Å². The van der Waals surface area contributed by atoms with Crippen LogP contribution in [0.25, 0.3) is 0 Å². The third-order valence-corrected chi connectivity index (χ3v) is 6.56. The number of nitrogens with one attached hydrogen (secondary N) is 1. The molecule has 2 aliphatic heterocycles. The fourth-order valence-corrected chi connectivity index (χ4v) is 5.35. The minimum Gasteiger partial charge on any atom is -0.314 e. The summed E-state index contributed by atoms with van der Waals surface area (Å²) in [6.07, 6.45) is 4.56. The molecule has 2 fully saturated rings. The minimum absolute atomic E-state index is 0. The van der Waals surface area contributed by atoms with E-state index in [1.165, 1.54) is 12.8 Å². The van der Waals surface area contributed by atoms with Crippen LogP contribution in [0.4, 0.5) is 0 Å². The van der Waals surface area contributed by atoms with Crippen LogP contribution >= 0.6 is 12.4 Å². The maximum Gasteiger partial charge on any atom is 0.214 e. The number of sulfonamides is 1. The Bertz CT molecular complexity index is 392. The molecule has 2 saturated heterocycles. The van der Waals surface area contributed by atoms with E-state index in [1.807, 2.05) is 20.8 Å². The van der Waals surface area contributed by atoms with Crippen LogP contribution in [0.2, 0.25) is 0 Å². The Kier molecular flexibility index (Phi) is 6.32. The van der Waals surface area contributed by atoms with Gasteiger partial charge in [0, 0.05) is 19.1 Å². The zero-order valence-corrected chi connectivity index (χ0v) is 14.5. The molecular formula is C14H29ClN2O2S. The molecule has 20 heavy (non-hydrogen) atoms. The predicted molar refractivity (Wildman–Crippen MR) is 85.8 cm³/mol. The second-order valence-corrected chi connectivity index (χ2v) is 9.23. The number of hydrogen-bond donors (Lipinski definition) is 1. The Morgan fingerprint density at radius 1 is 1.15 bits per heavy atom. The largest absolute Gasteiger partial charge is 0.314 e. The van der Waals surface area contributed by atoms with Crippen LogP contribution in [0.3, 0.4) is 0 Å². The summed E-state index contributed by atoms with van der Waals surface area (Å²) in [6.45, 7) is 8.51. The molecule has 0 bridgehead atoms. The highest BCUT2D eigenvalue weighted by atomic mass is 35.5. The van der Waals surface area contributed by atoms with Gasteiger partial charge in [-0.3, -0.25) is 0 Å². The molecule has 0 radical (unpaired) electrons. The molecule has 2 aliphatic rings. The van der Waals surface area contributed by atoms with Crippen LogP contribution in [-0.4, -0.2) is 44.2 Å². The molecule has 1 atom stereocenters. The third kappa shape index (κ3) is 4.86. The number of nitrogens with zero attached hydrogens (tertiary/aromatic N) is 1. The van der Waals surface area contributed by atoms with E-state index in [2.05, 4.69) is 5.32 Å². The van der Waals surface area contributed by atoms with Gasteiger partial charge in [0.05, 0.1) is 5.75 Å². The molecular weight excluding hydrogens is 296 g/mol. The quantitative estimate of drug-likeness (QED) is 0.866. The standard InChI is InChI=1S/C14H28N2O2S.ClH/c1-14(2,3)11-19(17,18)16-9-6-12(7-10-16)13-5-4-8-15-13;/h12-13,15H,4-11H2,1-3H3;1H. The van der Waals surface area contributed by atoms with Gasteiger partial charge in [0.15, 0.2) is 0 Å². The van der Waals surface area contributed by atoms with Crippen molar-refractivity contribution in [3.8, 4) is 0 Å². The number of hydrogen-bond acceptors (Lipinski definition) is 3. The zero-order valence-electron chi connectivity index (χ0n) is 12.9. The minimum atomic E-state index is -3.08. The van der Waals surface area contributed by atoms with Crippen LogP contribution in [0.15, 0.2) is 0 Å². The van der Waals surface area contributed by atoms with E-state index in [9.17, 15) is 8.42 Å². The second-order valence-electron chi connectivity index (χ2n) is 7.26. The first-order valence-electron chi connectivity index (χ1n) is 7.49. The van der Waals surface area contributed by atoms with E-state index in [0.29, 0.717) is 25.0 Å². The fraction of sp³-hybridized carbons (Fsp3) is 1.00. The lowest BCUT2D eigenvalue weighted by Gasteiger charge is -2.35. The van der Waals surface area contributed by atoms with E-state index in [4.69, 9.17) is 0 Å². The van der Waals surface area contributed by atoms with Gasteiger partial charge < -0.3 is 5.32 Å². The molecule has 0 amide bonds. The van der Waals surface area contributed by atoms with Gasteiger partial charge >= 0.3 is 0 Å². The van der Waals surface area contributed by atoms with Gasteiger partial charge in [-0.25, -0.2) is 12.7 Å². The topological polar surface area (TPSA) is 49.4 Å². The summed E-state index contributed by atoms with van der Waals surface area (Å²) in [5.74, 6) is 0.926. The van der Waals surface area contributed by atoms with E-state index in [0.717, 1.165) is 19.4 Å². The summed E-state index contributed by atoms with van der Waals surface area (Å²) < 4.78 is 26.4. The molecule has 1 unspecified atom stereocenters. The molecule has 0 aromatic heterocycles. The van der Waals surface area contributed by atoms with E-state index >= 15 is 0 Å². The average molecular weight is 325 g/mol. The van der Waals surface area contributed by atoms with Gasteiger partial charge in [-0.1, -0.05) is 20.8 Å². The lowest BCUT2D eigenvalue weighted by molar-refractivity contribution is 0.232. The van der Waals surface area contributed by atoms with Crippen LogP contribution in [-0.2, 0) is 10.0 Å². The first-order chi connectivity index (χ1) is 8.78. The Morgan fingerprint density at radius 2 is 1.75 bits per heavy atom. The second kappa shape index (κ2) is 6.95. The maximum absolute atomic E-state index is 12.3. The maximum atomic E-state index is 12.3. The molecule has 0 aromatic rings. The molecule has 0 aromatic carbocycles. The van der Waals surface area contributed by atoms with Gasteiger partial charge in [-0.2, -0.15) is 0 Å². The highest BCUT2D eigenvalue weighted by molar-refractivity contribution is 7.89. The van der Waals surface area contributed by atoms with Gasteiger partial charge in [0.1, 0.15) is 0 Å². The number of piperidine rings is 1. The molecule has 0 saturated carbocycles. The van der Waals surface area contributed by atoms with E-state index in [1.54, 1.807) is 4.31 Å². The summed E-state index contributed by atoms with van der Waals surface area (Å²) in [5.41, 5.74) is -0.164. The van der Waals surface area contributed by atoms with Crippen LogP contribution in [0.1, 0.15) is 46.5 Å². The number of halogens is 1. The molecule has 0 aliphatic carbocycles. The molecule has 4 nitrogen and oxygen atoms in total. The molecule has 2 heterocycles. The lowest BCUT2D eigenvalue weighted by atomic mass is 9.89. The Balaban J connectivity index is 0.00000200. The average Bonchev–Trinajstić information content (AvgIpc) is 2.79. The molecule has 120 valence electrons. The molecule has 1 N–H and O–H groups in total. The first kappa shape index (κ1) is 18.2. The van der Waals surface area contributed by atoms with E-state index < -0.39 is 10.0 Å². The summed E-state index contributed by atoms with van der Waals surface area (Å²) >= 11 is 0. The fourth-order valence-electron chi connectivity index (χ4n) is 3.31. The Hall–Kier alpha value is 0.160. The Morgan fingerprint density at radius 3 is 2.20 bits per heavy atom. The predicted octanol–water partition coefficient (Wildman–Crippen LogP) is 2.25. The first-order valence-corrected chi connectivity index (χ1v) is 9.10. The van der Waals surface area contributed by atoms with Crippen molar-refractivity contribution < 1.29 is 8.42 Å². The lowest BCUT2D eigenvalue weighted by Crippen LogP contribution is -2.45. The van der Waals surface area contributed by atoms with Gasteiger partial charge in [0.2, 0.25) is 10.0 Å². The summed E-state index contributed by atoms with van der Waals surface area (Å²) in [4.78, 5) is 0. The van der Waals surface area contributed by atoms with Gasteiger partial charge in [-0.05, 0) is 43.6 Å². The van der Waals surface area contributed by atoms with Crippen LogP contribution < -0.4 is 5.32 Å². The molecule has 6 heteroatoms. The molecule has 0 spiro atoms. The highest BCUT2D eigenvalue weighted by Crippen LogP contribution is 2.28. The normalized spacial score (nSPS) is 26.4. The van der Waals surface area contributed by atoms with Crippen molar-refractivity contribution in [3.63, 3.8) is 0 Å².